The summed E-state index contributed by atoms with van der Waals surface area (Å²) in [4.78, 5) is 23.6. The Morgan fingerprint density at radius 1 is 1.41 bits per heavy atom. The third-order valence-electron chi connectivity index (χ3n) is 4.35. The molecule has 0 aliphatic heterocycles. The van der Waals surface area contributed by atoms with E-state index in [1.807, 2.05) is 6.08 Å². The topological polar surface area (TPSA) is 63.6 Å². The lowest BCUT2D eigenvalue weighted by atomic mass is 9.89. The average molecular weight is 310 g/mol. The number of esters is 1. The summed E-state index contributed by atoms with van der Waals surface area (Å²) in [6.45, 7) is 6.40. The van der Waals surface area contributed by atoms with Crippen LogP contribution in [0.5, 0.6) is 0 Å². The summed E-state index contributed by atoms with van der Waals surface area (Å²) in [7, 11) is 0. The second kappa shape index (κ2) is 9.78. The van der Waals surface area contributed by atoms with Crippen LogP contribution in [0.4, 0.5) is 0 Å². The van der Waals surface area contributed by atoms with Crippen molar-refractivity contribution in [1.82, 2.24) is 0 Å². The number of aliphatic hydroxyl groups excluding tert-OH is 1. The first kappa shape index (κ1) is 18.9. The molecular formula is C18H30O4. The van der Waals surface area contributed by atoms with Crippen molar-refractivity contribution in [2.45, 2.75) is 65.4 Å². The van der Waals surface area contributed by atoms with Crippen LogP contribution in [0.1, 0.15) is 59.3 Å². The van der Waals surface area contributed by atoms with E-state index in [1.54, 1.807) is 6.92 Å². The number of hydrogen-bond donors (Lipinski definition) is 1. The fourth-order valence-electron chi connectivity index (χ4n) is 3.02. The first-order valence-corrected chi connectivity index (χ1v) is 8.54. The molecule has 0 aromatic rings. The second-order valence-electron chi connectivity index (χ2n) is 6.29. The molecule has 0 amide bonds. The van der Waals surface area contributed by atoms with E-state index in [2.05, 4.69) is 19.9 Å². The van der Waals surface area contributed by atoms with Crippen molar-refractivity contribution >= 4 is 11.8 Å². The van der Waals surface area contributed by atoms with Gasteiger partial charge in [-0.2, -0.15) is 0 Å². The van der Waals surface area contributed by atoms with Crippen molar-refractivity contribution in [2.24, 2.45) is 17.8 Å². The van der Waals surface area contributed by atoms with Gasteiger partial charge in [-0.1, -0.05) is 45.3 Å². The van der Waals surface area contributed by atoms with Crippen molar-refractivity contribution in [3.63, 3.8) is 0 Å². The predicted octanol–water partition coefficient (Wildman–Crippen LogP) is 3.28. The Balaban J connectivity index is 2.60. The highest BCUT2D eigenvalue weighted by molar-refractivity contribution is 5.88. The highest BCUT2D eigenvalue weighted by Crippen LogP contribution is 2.33. The van der Waals surface area contributed by atoms with Crippen molar-refractivity contribution in [3.8, 4) is 0 Å². The number of ketones is 1. The summed E-state index contributed by atoms with van der Waals surface area (Å²) >= 11 is 0. The zero-order chi connectivity index (χ0) is 16.5. The third kappa shape index (κ3) is 5.91. The fourth-order valence-corrected chi connectivity index (χ4v) is 3.02. The Morgan fingerprint density at radius 3 is 2.77 bits per heavy atom. The molecule has 1 aliphatic rings. The molecule has 0 heterocycles. The van der Waals surface area contributed by atoms with E-state index in [-0.39, 0.29) is 30.5 Å². The number of allylic oxidation sites excluding steroid dienone is 1. The van der Waals surface area contributed by atoms with Gasteiger partial charge in [0.2, 0.25) is 0 Å². The van der Waals surface area contributed by atoms with Gasteiger partial charge in [0.25, 0.3) is 0 Å². The van der Waals surface area contributed by atoms with Gasteiger partial charge in [-0.25, -0.2) is 0 Å². The predicted molar refractivity (Wildman–Crippen MR) is 86.3 cm³/mol. The van der Waals surface area contributed by atoms with Crippen LogP contribution >= 0.6 is 0 Å². The second-order valence-corrected chi connectivity index (χ2v) is 6.29. The Bertz CT molecular complexity index is 389. The van der Waals surface area contributed by atoms with Gasteiger partial charge >= 0.3 is 5.97 Å². The van der Waals surface area contributed by atoms with E-state index in [1.165, 1.54) is 19.3 Å². The SMILES string of the molecule is CCCCC[C@H](C)/C=C/[C@H]1[C@H](O)CC(=O)[C@@H]1CC(=O)OCC. The van der Waals surface area contributed by atoms with Crippen LogP contribution in [-0.4, -0.2) is 29.6 Å². The molecule has 0 spiro atoms. The first-order chi connectivity index (χ1) is 10.5. The smallest absolute Gasteiger partial charge is 0.306 e. The summed E-state index contributed by atoms with van der Waals surface area (Å²) < 4.78 is 4.93. The largest absolute Gasteiger partial charge is 0.466 e. The molecule has 0 aromatic heterocycles. The standard InChI is InChI=1S/C18H30O4/c1-4-6-7-8-13(3)9-10-14-15(11-18(21)22-5-2)17(20)12-16(14)19/h9-10,13-16,19H,4-8,11-12H2,1-3H3/b10-9+/t13-,14+,15+,16+/m0/s1. The zero-order valence-corrected chi connectivity index (χ0v) is 14.1. The van der Waals surface area contributed by atoms with Crippen LogP contribution in [-0.2, 0) is 14.3 Å². The number of carbonyl (C=O) groups is 2. The minimum Gasteiger partial charge on any atom is -0.466 e. The van der Waals surface area contributed by atoms with Crippen LogP contribution in [0, 0.1) is 17.8 Å². The molecule has 0 saturated heterocycles. The summed E-state index contributed by atoms with van der Waals surface area (Å²) in [5.41, 5.74) is 0. The van der Waals surface area contributed by atoms with Gasteiger partial charge in [-0.05, 0) is 19.3 Å². The summed E-state index contributed by atoms with van der Waals surface area (Å²) in [6.07, 6.45) is 8.31. The summed E-state index contributed by atoms with van der Waals surface area (Å²) in [6, 6.07) is 0. The number of unbranched alkanes of at least 4 members (excludes halogenated alkanes) is 2. The number of hydrogen-bond acceptors (Lipinski definition) is 4. The number of rotatable bonds is 9. The van der Waals surface area contributed by atoms with E-state index < -0.39 is 12.0 Å². The quantitative estimate of drug-likeness (QED) is 0.403. The van der Waals surface area contributed by atoms with E-state index >= 15 is 0 Å². The first-order valence-electron chi connectivity index (χ1n) is 8.54. The molecular weight excluding hydrogens is 280 g/mol. The molecule has 0 unspecified atom stereocenters. The van der Waals surface area contributed by atoms with E-state index in [0.29, 0.717) is 12.5 Å². The van der Waals surface area contributed by atoms with Crippen molar-refractivity contribution in [2.75, 3.05) is 6.61 Å². The van der Waals surface area contributed by atoms with Gasteiger partial charge in [0.05, 0.1) is 19.1 Å². The molecule has 1 rings (SSSR count). The maximum Gasteiger partial charge on any atom is 0.306 e. The van der Waals surface area contributed by atoms with Crippen molar-refractivity contribution in [3.05, 3.63) is 12.2 Å². The Kier molecular flexibility index (Phi) is 8.39. The minimum absolute atomic E-state index is 0.0335. The molecule has 4 heteroatoms. The fraction of sp³-hybridized carbons (Fsp3) is 0.778. The van der Waals surface area contributed by atoms with Crippen LogP contribution < -0.4 is 0 Å². The van der Waals surface area contributed by atoms with Crippen LogP contribution in [0.2, 0.25) is 0 Å². The molecule has 0 bridgehead atoms. The molecule has 1 N–H and O–H groups in total. The van der Waals surface area contributed by atoms with E-state index in [4.69, 9.17) is 4.74 Å². The van der Waals surface area contributed by atoms with Gasteiger partial charge in [0.15, 0.2) is 0 Å². The molecule has 4 nitrogen and oxygen atoms in total. The van der Waals surface area contributed by atoms with Gasteiger partial charge in [-0.15, -0.1) is 0 Å². The molecule has 1 saturated carbocycles. The number of carbonyl (C=O) groups excluding carboxylic acids is 2. The van der Waals surface area contributed by atoms with Crippen molar-refractivity contribution in [1.29, 1.82) is 0 Å². The Labute approximate surface area is 133 Å². The van der Waals surface area contributed by atoms with Crippen LogP contribution in [0.25, 0.3) is 0 Å². The highest BCUT2D eigenvalue weighted by Gasteiger charge is 2.41. The molecule has 22 heavy (non-hydrogen) atoms. The highest BCUT2D eigenvalue weighted by atomic mass is 16.5. The van der Waals surface area contributed by atoms with E-state index in [9.17, 15) is 14.7 Å². The molecule has 1 fully saturated rings. The summed E-state index contributed by atoms with van der Waals surface area (Å²) in [5.74, 6) is -0.658. The zero-order valence-electron chi connectivity index (χ0n) is 14.1. The molecule has 0 radical (unpaired) electrons. The average Bonchev–Trinajstić information content (AvgIpc) is 2.71. The Hall–Kier alpha value is -1.16. The maximum absolute atomic E-state index is 12.0. The van der Waals surface area contributed by atoms with Gasteiger partial charge in [-0.3, -0.25) is 9.59 Å². The van der Waals surface area contributed by atoms with Gasteiger partial charge in [0, 0.05) is 18.3 Å². The third-order valence-corrected chi connectivity index (χ3v) is 4.35. The lowest BCUT2D eigenvalue weighted by molar-refractivity contribution is -0.146. The summed E-state index contributed by atoms with van der Waals surface area (Å²) in [5, 5.41) is 10.1. The monoisotopic (exact) mass is 310 g/mol. The van der Waals surface area contributed by atoms with Gasteiger partial charge in [0.1, 0.15) is 5.78 Å². The Morgan fingerprint density at radius 2 is 2.14 bits per heavy atom. The number of Topliss-reactive ketones (excluding diaryl/α,β-unsaturated/α-hetero) is 1. The van der Waals surface area contributed by atoms with E-state index in [0.717, 1.165) is 6.42 Å². The lowest BCUT2D eigenvalue weighted by Gasteiger charge is -2.17. The normalized spacial score (nSPS) is 26.5. The molecule has 4 atom stereocenters. The van der Waals surface area contributed by atoms with Crippen LogP contribution in [0.3, 0.4) is 0 Å². The molecule has 126 valence electrons. The minimum atomic E-state index is -0.675. The maximum atomic E-state index is 12.0. The van der Waals surface area contributed by atoms with Gasteiger partial charge < -0.3 is 9.84 Å². The molecule has 1 aliphatic carbocycles. The van der Waals surface area contributed by atoms with Crippen LogP contribution in [0.15, 0.2) is 12.2 Å². The van der Waals surface area contributed by atoms with Crippen molar-refractivity contribution < 1.29 is 19.4 Å². The number of aliphatic hydroxyl groups is 1. The lowest BCUT2D eigenvalue weighted by Crippen LogP contribution is -2.22. The molecule has 0 aromatic carbocycles. The number of ether oxygens (including phenoxy) is 1.